The molecule has 1 aromatic heterocycles. The smallest absolute Gasteiger partial charge is 0.338 e. The first-order chi connectivity index (χ1) is 15.3. The first-order valence-corrected chi connectivity index (χ1v) is 10.4. The van der Waals surface area contributed by atoms with E-state index in [1.165, 1.54) is 5.01 Å². The van der Waals surface area contributed by atoms with Gasteiger partial charge in [-0.1, -0.05) is 29.8 Å². The Hall–Kier alpha value is -3.93. The van der Waals surface area contributed by atoms with Gasteiger partial charge in [-0.2, -0.15) is 10.1 Å². The lowest BCUT2D eigenvalue weighted by Crippen LogP contribution is -2.21. The third-order valence-corrected chi connectivity index (χ3v) is 5.00. The lowest BCUT2D eigenvalue weighted by atomic mass is 10.1. The minimum Gasteiger partial charge on any atom is -0.459 e. The highest BCUT2D eigenvalue weighted by Gasteiger charge is 2.29. The molecule has 0 fully saturated rings. The molecular formula is C26H24N2O4. The fourth-order valence-electron chi connectivity index (χ4n) is 3.33. The van der Waals surface area contributed by atoms with Crippen LogP contribution in [-0.4, -0.2) is 23.7 Å². The number of aryl methyl sites for hydroxylation is 1. The van der Waals surface area contributed by atoms with E-state index < -0.39 is 0 Å². The molecule has 0 atom stereocenters. The van der Waals surface area contributed by atoms with Gasteiger partial charge in [0.1, 0.15) is 11.5 Å². The predicted octanol–water partition coefficient (Wildman–Crippen LogP) is 5.63. The molecule has 0 aliphatic carbocycles. The molecule has 0 bridgehead atoms. The number of furan rings is 1. The van der Waals surface area contributed by atoms with Crippen LogP contribution in [0.4, 0.5) is 5.69 Å². The van der Waals surface area contributed by atoms with Gasteiger partial charge in [0, 0.05) is 5.56 Å². The van der Waals surface area contributed by atoms with Gasteiger partial charge >= 0.3 is 5.97 Å². The maximum absolute atomic E-state index is 12.9. The third kappa shape index (κ3) is 4.39. The molecule has 3 aromatic rings. The molecule has 6 heteroatoms. The van der Waals surface area contributed by atoms with E-state index in [9.17, 15) is 9.59 Å². The van der Waals surface area contributed by atoms with E-state index in [1.807, 2.05) is 51.1 Å². The molecule has 1 amide bonds. The van der Waals surface area contributed by atoms with Crippen molar-refractivity contribution in [2.45, 2.75) is 33.8 Å². The number of carbonyl (C=O) groups excluding carboxylic acids is 2. The van der Waals surface area contributed by atoms with Gasteiger partial charge in [0.05, 0.1) is 28.6 Å². The quantitative estimate of drug-likeness (QED) is 0.390. The highest BCUT2D eigenvalue weighted by Crippen LogP contribution is 2.28. The van der Waals surface area contributed by atoms with Crippen molar-refractivity contribution >= 4 is 29.4 Å². The van der Waals surface area contributed by atoms with Crippen LogP contribution in [0.15, 0.2) is 75.8 Å². The largest absolute Gasteiger partial charge is 0.459 e. The number of nitrogens with zero attached hydrogens (tertiary/aromatic N) is 2. The minimum absolute atomic E-state index is 0.171. The van der Waals surface area contributed by atoms with Crippen LogP contribution in [0.2, 0.25) is 0 Å². The molecular weight excluding hydrogens is 404 g/mol. The summed E-state index contributed by atoms with van der Waals surface area (Å²) >= 11 is 0. The summed E-state index contributed by atoms with van der Waals surface area (Å²) in [6, 6.07) is 18.3. The zero-order chi connectivity index (χ0) is 22.8. The zero-order valence-corrected chi connectivity index (χ0v) is 18.5. The second-order valence-corrected chi connectivity index (χ2v) is 7.93. The molecule has 6 nitrogen and oxygen atoms in total. The fraction of sp³-hybridized carbons (Fsp3) is 0.192. The molecule has 1 aliphatic heterocycles. The molecule has 32 heavy (non-hydrogen) atoms. The molecule has 2 heterocycles. The summed E-state index contributed by atoms with van der Waals surface area (Å²) in [5, 5.41) is 5.81. The third-order valence-electron chi connectivity index (χ3n) is 5.00. The number of carbonyl (C=O) groups is 2. The summed E-state index contributed by atoms with van der Waals surface area (Å²) in [6.07, 6.45) is 1.53. The van der Waals surface area contributed by atoms with E-state index in [2.05, 4.69) is 5.10 Å². The normalized spacial score (nSPS) is 14.9. The molecule has 0 saturated carbocycles. The average Bonchev–Trinajstić information content (AvgIpc) is 3.34. The van der Waals surface area contributed by atoms with E-state index in [0.29, 0.717) is 28.4 Å². The second kappa shape index (κ2) is 8.67. The van der Waals surface area contributed by atoms with Gasteiger partial charge in [0.25, 0.3) is 5.91 Å². The monoisotopic (exact) mass is 428 g/mol. The summed E-state index contributed by atoms with van der Waals surface area (Å²) in [4.78, 5) is 24.9. The Kier molecular flexibility index (Phi) is 5.77. The van der Waals surface area contributed by atoms with E-state index in [4.69, 9.17) is 9.15 Å². The number of hydrogen-bond acceptors (Lipinski definition) is 5. The van der Waals surface area contributed by atoms with Gasteiger partial charge in [0.15, 0.2) is 0 Å². The molecule has 0 unspecified atom stereocenters. The zero-order valence-electron chi connectivity index (χ0n) is 18.5. The Morgan fingerprint density at radius 2 is 1.69 bits per heavy atom. The first-order valence-electron chi connectivity index (χ1n) is 10.4. The van der Waals surface area contributed by atoms with Crippen LogP contribution in [0.1, 0.15) is 42.5 Å². The van der Waals surface area contributed by atoms with Gasteiger partial charge in [-0.05, 0) is 70.2 Å². The minimum atomic E-state index is -0.357. The summed E-state index contributed by atoms with van der Waals surface area (Å²) in [5.41, 5.74) is 4.25. The summed E-state index contributed by atoms with van der Waals surface area (Å²) < 4.78 is 11.1. The molecule has 0 spiro atoms. The first kappa shape index (κ1) is 21.3. The standard InChI is InChI=1S/C26H24N2O4/c1-16(2)31-26(30)20-9-7-19(8-10-20)24-14-13-22(32-24)15-23-18(4)27-28(25(23)29)21-11-5-17(3)6-12-21/h5-16H,1-4H3. The van der Waals surface area contributed by atoms with Crippen molar-refractivity contribution in [3.05, 3.63) is 83.1 Å². The molecule has 1 aliphatic rings. The van der Waals surface area contributed by atoms with Crippen LogP contribution in [0, 0.1) is 6.92 Å². The van der Waals surface area contributed by atoms with Crippen molar-refractivity contribution in [2.75, 3.05) is 5.01 Å². The topological polar surface area (TPSA) is 72.1 Å². The summed E-state index contributed by atoms with van der Waals surface area (Å²) in [6.45, 7) is 7.42. The van der Waals surface area contributed by atoms with Gasteiger partial charge in [-0.15, -0.1) is 0 Å². The van der Waals surface area contributed by atoms with E-state index in [-0.39, 0.29) is 18.0 Å². The van der Waals surface area contributed by atoms with Crippen molar-refractivity contribution in [1.29, 1.82) is 0 Å². The highest BCUT2D eigenvalue weighted by molar-refractivity contribution is 6.32. The second-order valence-electron chi connectivity index (χ2n) is 7.93. The number of hydrazone groups is 1. The van der Waals surface area contributed by atoms with Crippen molar-refractivity contribution in [1.82, 2.24) is 0 Å². The molecule has 2 aromatic carbocycles. The van der Waals surface area contributed by atoms with Crippen LogP contribution >= 0.6 is 0 Å². The maximum atomic E-state index is 12.9. The van der Waals surface area contributed by atoms with E-state index >= 15 is 0 Å². The Morgan fingerprint density at radius 1 is 1.00 bits per heavy atom. The number of anilines is 1. The Labute approximate surface area is 186 Å². The van der Waals surface area contributed by atoms with E-state index in [0.717, 1.165) is 16.8 Å². The molecule has 0 N–H and O–H groups in total. The number of hydrogen-bond donors (Lipinski definition) is 0. The number of benzene rings is 2. The Morgan fingerprint density at radius 3 is 2.34 bits per heavy atom. The van der Waals surface area contributed by atoms with Gasteiger partial charge in [0.2, 0.25) is 0 Å². The molecule has 0 radical (unpaired) electrons. The van der Waals surface area contributed by atoms with Gasteiger partial charge in [-0.25, -0.2) is 4.79 Å². The van der Waals surface area contributed by atoms with Crippen molar-refractivity contribution in [3.8, 4) is 11.3 Å². The SMILES string of the molecule is CC1=NN(c2ccc(C)cc2)C(=O)C1=Cc1ccc(-c2ccc(C(=O)OC(C)C)cc2)o1. The highest BCUT2D eigenvalue weighted by atomic mass is 16.5. The van der Waals surface area contributed by atoms with Crippen LogP contribution in [0.5, 0.6) is 0 Å². The molecule has 4 rings (SSSR count). The number of esters is 1. The number of amides is 1. The number of ether oxygens (including phenoxy) is 1. The summed E-state index contributed by atoms with van der Waals surface area (Å²) in [5.74, 6) is 0.629. The van der Waals surface area contributed by atoms with Crippen LogP contribution < -0.4 is 5.01 Å². The molecule has 162 valence electrons. The predicted molar refractivity (Wildman–Crippen MR) is 124 cm³/mol. The Bertz CT molecular complexity index is 1220. The van der Waals surface area contributed by atoms with Crippen LogP contribution in [0.3, 0.4) is 0 Å². The van der Waals surface area contributed by atoms with Crippen molar-refractivity contribution in [3.63, 3.8) is 0 Å². The summed E-state index contributed by atoms with van der Waals surface area (Å²) in [7, 11) is 0. The van der Waals surface area contributed by atoms with E-state index in [1.54, 1.807) is 43.3 Å². The average molecular weight is 428 g/mol. The number of rotatable bonds is 5. The van der Waals surface area contributed by atoms with Crippen LogP contribution in [-0.2, 0) is 9.53 Å². The van der Waals surface area contributed by atoms with Gasteiger partial charge in [-0.3, -0.25) is 4.79 Å². The van der Waals surface area contributed by atoms with Crippen LogP contribution in [0.25, 0.3) is 17.4 Å². The van der Waals surface area contributed by atoms with Crippen molar-refractivity contribution < 1.29 is 18.7 Å². The van der Waals surface area contributed by atoms with Crippen molar-refractivity contribution in [2.24, 2.45) is 5.10 Å². The lowest BCUT2D eigenvalue weighted by Gasteiger charge is -2.11. The fourth-order valence-corrected chi connectivity index (χ4v) is 3.33. The lowest BCUT2D eigenvalue weighted by molar-refractivity contribution is -0.114. The van der Waals surface area contributed by atoms with Gasteiger partial charge < -0.3 is 9.15 Å². The molecule has 0 saturated heterocycles. The Balaban J connectivity index is 1.53. The maximum Gasteiger partial charge on any atom is 0.338 e.